The molecule has 0 aliphatic carbocycles. The van der Waals surface area contributed by atoms with Gasteiger partial charge in [0.15, 0.2) is 10.8 Å². The van der Waals surface area contributed by atoms with Crippen molar-refractivity contribution in [3.05, 3.63) is 63.0 Å². The van der Waals surface area contributed by atoms with Crippen LogP contribution in [-0.4, -0.2) is 95.6 Å². The first-order valence-electron chi connectivity index (χ1n) is 13.2. The summed E-state index contributed by atoms with van der Waals surface area (Å²) in [5.74, 6) is -1.86. The van der Waals surface area contributed by atoms with E-state index in [2.05, 4.69) is 10.3 Å². The Labute approximate surface area is 240 Å². The van der Waals surface area contributed by atoms with Crippen molar-refractivity contribution in [2.24, 2.45) is 10.4 Å². The van der Waals surface area contributed by atoms with Crippen LogP contribution < -0.4 is 5.32 Å². The number of morpholine rings is 1. The van der Waals surface area contributed by atoms with Gasteiger partial charge in [0.25, 0.3) is 0 Å². The number of esters is 1. The van der Waals surface area contributed by atoms with Gasteiger partial charge in [0.05, 0.1) is 30.8 Å². The molecular formula is C28H32FN5O6S. The second-order valence-corrected chi connectivity index (χ2v) is 11.8. The van der Waals surface area contributed by atoms with Crippen LogP contribution in [0.15, 0.2) is 46.0 Å². The standard InChI is InChI=1S/C28H32FN5O6S/c1-15-16(6-5-7-17(15)29)21-20(26(36)39-4)18(31-23(32-21)24-30-8-11-41-24)12-33-9-10-40-19-13-34(25(35)22(19)33)14-28(2,3)27(37)38/h5-8,11,19,21-22H,9-10,12-14H2,1-4H3,(H,31,32)(H,37,38). The van der Waals surface area contributed by atoms with Gasteiger partial charge in [-0.25, -0.2) is 14.2 Å². The number of amides is 1. The highest BCUT2D eigenvalue weighted by molar-refractivity contribution is 7.11. The van der Waals surface area contributed by atoms with Gasteiger partial charge in [-0.3, -0.25) is 19.5 Å². The number of nitrogens with zero attached hydrogens (tertiary/aromatic N) is 4. The molecule has 11 nitrogen and oxygen atoms in total. The van der Waals surface area contributed by atoms with Crippen molar-refractivity contribution in [3.63, 3.8) is 0 Å². The van der Waals surface area contributed by atoms with Gasteiger partial charge in [-0.1, -0.05) is 12.1 Å². The molecule has 2 N–H and O–H groups in total. The largest absolute Gasteiger partial charge is 0.481 e. The van der Waals surface area contributed by atoms with Crippen LogP contribution in [0.1, 0.15) is 36.0 Å². The summed E-state index contributed by atoms with van der Waals surface area (Å²) in [7, 11) is 1.27. The van der Waals surface area contributed by atoms with Crippen LogP contribution in [0.3, 0.4) is 0 Å². The molecule has 3 aliphatic rings. The van der Waals surface area contributed by atoms with Crippen LogP contribution in [0.25, 0.3) is 0 Å². The van der Waals surface area contributed by atoms with E-state index < -0.39 is 41.4 Å². The molecule has 2 aromatic rings. The fourth-order valence-corrected chi connectivity index (χ4v) is 6.07. The van der Waals surface area contributed by atoms with Gasteiger partial charge in [-0.05, 0) is 38.0 Å². The molecule has 3 atom stereocenters. The Bertz CT molecular complexity index is 1420. The van der Waals surface area contributed by atoms with Gasteiger partial charge in [0, 0.05) is 43.5 Å². The minimum atomic E-state index is -1.13. The lowest BCUT2D eigenvalue weighted by molar-refractivity contribution is -0.149. The number of amidine groups is 1. The molecule has 3 unspecified atom stereocenters. The number of aromatic nitrogens is 1. The van der Waals surface area contributed by atoms with E-state index in [0.717, 1.165) is 0 Å². The van der Waals surface area contributed by atoms with E-state index in [1.54, 1.807) is 44.5 Å². The number of methoxy groups -OCH3 is 1. The summed E-state index contributed by atoms with van der Waals surface area (Å²) in [6.07, 6.45) is 1.18. The molecule has 1 aromatic heterocycles. The van der Waals surface area contributed by atoms with Crippen molar-refractivity contribution in [1.82, 2.24) is 20.1 Å². The molecule has 13 heteroatoms. The molecule has 2 saturated heterocycles. The zero-order chi connectivity index (χ0) is 29.5. The first-order chi connectivity index (χ1) is 19.5. The Morgan fingerprint density at radius 3 is 2.80 bits per heavy atom. The molecule has 5 rings (SSSR count). The number of aliphatic carboxylic acids is 1. The maximum Gasteiger partial charge on any atom is 0.338 e. The highest BCUT2D eigenvalue weighted by atomic mass is 32.1. The zero-order valence-electron chi connectivity index (χ0n) is 23.2. The number of rotatable bonds is 8. The quantitative estimate of drug-likeness (QED) is 0.447. The van der Waals surface area contributed by atoms with Crippen molar-refractivity contribution >= 4 is 35.0 Å². The number of carboxylic acids is 1. The summed E-state index contributed by atoms with van der Waals surface area (Å²) in [4.78, 5) is 51.2. The molecule has 1 aromatic carbocycles. The molecule has 41 heavy (non-hydrogen) atoms. The Balaban J connectivity index is 1.53. The van der Waals surface area contributed by atoms with Crippen molar-refractivity contribution < 1.29 is 33.4 Å². The fraction of sp³-hybridized carbons (Fsp3) is 0.464. The van der Waals surface area contributed by atoms with E-state index >= 15 is 0 Å². The monoisotopic (exact) mass is 585 g/mol. The van der Waals surface area contributed by atoms with E-state index in [1.165, 1.54) is 29.4 Å². The lowest BCUT2D eigenvalue weighted by atomic mass is 9.92. The maximum absolute atomic E-state index is 14.7. The molecule has 0 radical (unpaired) electrons. The van der Waals surface area contributed by atoms with Gasteiger partial charge in [0.1, 0.15) is 17.9 Å². The number of carboxylic acid groups (broad SMARTS) is 1. The van der Waals surface area contributed by atoms with E-state index in [1.807, 2.05) is 4.90 Å². The third-order valence-corrected chi connectivity index (χ3v) is 8.50. The summed E-state index contributed by atoms with van der Waals surface area (Å²) in [6, 6.07) is 3.11. The van der Waals surface area contributed by atoms with E-state index in [4.69, 9.17) is 14.5 Å². The predicted molar refractivity (Wildman–Crippen MR) is 148 cm³/mol. The first kappa shape index (κ1) is 28.8. The Kier molecular flexibility index (Phi) is 7.95. The number of fused-ring (bicyclic) bond motifs is 1. The van der Waals surface area contributed by atoms with Crippen LogP contribution in [-0.2, 0) is 23.9 Å². The molecule has 0 bridgehead atoms. The third-order valence-electron chi connectivity index (χ3n) is 7.72. The van der Waals surface area contributed by atoms with Gasteiger partial charge in [0.2, 0.25) is 5.91 Å². The van der Waals surface area contributed by atoms with Crippen molar-refractivity contribution in [2.75, 3.05) is 39.9 Å². The van der Waals surface area contributed by atoms with Gasteiger partial charge in [-0.15, -0.1) is 11.3 Å². The van der Waals surface area contributed by atoms with Crippen molar-refractivity contribution in [3.8, 4) is 0 Å². The molecule has 0 saturated carbocycles. The van der Waals surface area contributed by atoms with Crippen LogP contribution in [0.5, 0.6) is 0 Å². The molecule has 218 valence electrons. The van der Waals surface area contributed by atoms with Gasteiger partial charge >= 0.3 is 11.9 Å². The molecule has 4 heterocycles. The Morgan fingerprint density at radius 2 is 2.12 bits per heavy atom. The molecule has 3 aliphatic heterocycles. The first-order valence-corrected chi connectivity index (χ1v) is 14.1. The minimum absolute atomic E-state index is 0.0432. The van der Waals surface area contributed by atoms with Gasteiger partial charge < -0.3 is 24.8 Å². The molecular weight excluding hydrogens is 553 g/mol. The third kappa shape index (κ3) is 5.48. The van der Waals surface area contributed by atoms with E-state index in [0.29, 0.717) is 40.8 Å². The van der Waals surface area contributed by atoms with Gasteiger partial charge in [-0.2, -0.15) is 0 Å². The number of nitrogens with one attached hydrogen (secondary N) is 1. The van der Waals surface area contributed by atoms with E-state index in [-0.39, 0.29) is 31.1 Å². The number of thiazole rings is 1. The Hall–Kier alpha value is -3.68. The number of ether oxygens (including phenoxy) is 2. The average Bonchev–Trinajstić information content (AvgIpc) is 3.58. The number of carbonyl (C=O) groups is 3. The minimum Gasteiger partial charge on any atom is -0.481 e. The zero-order valence-corrected chi connectivity index (χ0v) is 24.0. The maximum atomic E-state index is 14.7. The second kappa shape index (κ2) is 11.3. The van der Waals surface area contributed by atoms with Crippen LogP contribution in [0.2, 0.25) is 0 Å². The number of hydrogen-bond donors (Lipinski definition) is 2. The highest BCUT2D eigenvalue weighted by Crippen LogP contribution is 2.36. The summed E-state index contributed by atoms with van der Waals surface area (Å²) in [6.45, 7) is 6.00. The summed E-state index contributed by atoms with van der Waals surface area (Å²) >= 11 is 1.36. The molecule has 0 spiro atoms. The van der Waals surface area contributed by atoms with Crippen molar-refractivity contribution in [1.29, 1.82) is 0 Å². The summed E-state index contributed by atoms with van der Waals surface area (Å²) < 4.78 is 25.8. The molecule has 2 fully saturated rings. The fourth-order valence-electron chi connectivity index (χ4n) is 5.48. The number of aliphatic imine (C=N–C) groups is 1. The molecule has 1 amide bonds. The lowest BCUT2D eigenvalue weighted by Crippen LogP contribution is -2.54. The number of hydrogen-bond acceptors (Lipinski definition) is 10. The SMILES string of the molecule is COC(=O)C1=C(CN2CCOC3CN(CC(C)(C)C(=O)O)C(=O)C32)NC(c2nccs2)=NC1c1cccc(F)c1C. The predicted octanol–water partition coefficient (Wildman–Crippen LogP) is 2.13. The highest BCUT2D eigenvalue weighted by Gasteiger charge is 2.49. The summed E-state index contributed by atoms with van der Waals surface area (Å²) in [5, 5.41) is 15.3. The number of likely N-dealkylation sites (tertiary alicyclic amines) is 1. The lowest BCUT2D eigenvalue weighted by Gasteiger charge is -2.37. The normalized spacial score (nSPS) is 23.2. The van der Waals surface area contributed by atoms with Crippen molar-refractivity contribution in [2.45, 2.75) is 39.0 Å². The van der Waals surface area contributed by atoms with Crippen LogP contribution in [0.4, 0.5) is 4.39 Å². The number of benzene rings is 1. The average molecular weight is 586 g/mol. The number of carbonyl (C=O) groups excluding carboxylic acids is 2. The number of halogens is 1. The Morgan fingerprint density at radius 1 is 1.34 bits per heavy atom. The smallest absolute Gasteiger partial charge is 0.338 e. The van der Waals surface area contributed by atoms with Crippen LogP contribution in [0, 0.1) is 18.2 Å². The van der Waals surface area contributed by atoms with Crippen LogP contribution >= 0.6 is 11.3 Å². The topological polar surface area (TPSA) is 134 Å². The summed E-state index contributed by atoms with van der Waals surface area (Å²) in [5.41, 5.74) is 0.408. The second-order valence-electron chi connectivity index (χ2n) is 10.9. The van der Waals surface area contributed by atoms with E-state index in [9.17, 15) is 23.9 Å².